The van der Waals surface area contributed by atoms with E-state index in [0.717, 1.165) is 5.69 Å². The molecule has 1 rings (SSSR count). The third-order valence-electron chi connectivity index (χ3n) is 1.30. The molecule has 1 aromatic rings. The van der Waals surface area contributed by atoms with Crippen LogP contribution < -0.4 is 5.73 Å². The van der Waals surface area contributed by atoms with Crippen LogP contribution in [0.3, 0.4) is 0 Å². The molecule has 0 aromatic heterocycles. The van der Waals surface area contributed by atoms with Crippen molar-refractivity contribution in [1.29, 1.82) is 0 Å². The van der Waals surface area contributed by atoms with Gasteiger partial charge in [0.15, 0.2) is 0 Å². The predicted molar refractivity (Wildman–Crippen MR) is 61.4 cm³/mol. The molecule has 1 aromatic carbocycles. The molecule has 1 heteroatoms. The Morgan fingerprint density at radius 1 is 1.15 bits per heavy atom. The van der Waals surface area contributed by atoms with Crippen molar-refractivity contribution in [3.8, 4) is 0 Å². The number of rotatable bonds is 1. The number of nitrogens with two attached hydrogens (primary N) is 1. The molecule has 0 heterocycles. The number of benzene rings is 1. The van der Waals surface area contributed by atoms with E-state index in [1.54, 1.807) is 6.08 Å². The highest BCUT2D eigenvalue weighted by Gasteiger charge is 1.83. The van der Waals surface area contributed by atoms with Gasteiger partial charge >= 0.3 is 0 Å². The van der Waals surface area contributed by atoms with Gasteiger partial charge in [-0.25, -0.2) is 0 Å². The van der Waals surface area contributed by atoms with E-state index in [4.69, 9.17) is 5.73 Å². The van der Waals surface area contributed by atoms with E-state index in [9.17, 15) is 0 Å². The molecule has 0 saturated carbocycles. The lowest BCUT2D eigenvalue weighted by atomic mass is 10.2. The van der Waals surface area contributed by atoms with Crippen LogP contribution in [0.1, 0.15) is 19.4 Å². The smallest absolute Gasteiger partial charge is 0.0314 e. The Hall–Kier alpha value is -1.50. The van der Waals surface area contributed by atoms with Gasteiger partial charge < -0.3 is 5.73 Å². The third kappa shape index (κ3) is 5.74. The van der Waals surface area contributed by atoms with Crippen molar-refractivity contribution < 1.29 is 0 Å². The van der Waals surface area contributed by atoms with E-state index >= 15 is 0 Å². The molecule has 1 nitrogen and oxygen atoms in total. The summed E-state index contributed by atoms with van der Waals surface area (Å²) >= 11 is 0. The van der Waals surface area contributed by atoms with Gasteiger partial charge in [-0.05, 0) is 31.5 Å². The minimum Gasteiger partial charge on any atom is -0.399 e. The van der Waals surface area contributed by atoms with Gasteiger partial charge in [-0.15, -0.1) is 6.58 Å². The number of hydrogen-bond acceptors (Lipinski definition) is 1. The molecule has 0 aliphatic carbocycles. The average molecular weight is 175 g/mol. The Kier molecular flexibility index (Phi) is 6.34. The Morgan fingerprint density at radius 2 is 1.62 bits per heavy atom. The highest BCUT2D eigenvalue weighted by molar-refractivity contribution is 5.52. The number of allylic oxidation sites excluding steroid dienone is 2. The van der Waals surface area contributed by atoms with Crippen molar-refractivity contribution in [2.45, 2.75) is 13.8 Å². The first-order chi connectivity index (χ1) is 6.24. The Bertz CT molecular complexity index is 257. The van der Waals surface area contributed by atoms with E-state index in [0.29, 0.717) is 0 Å². The lowest BCUT2D eigenvalue weighted by Gasteiger charge is -1.92. The van der Waals surface area contributed by atoms with Crippen LogP contribution in [0.15, 0.2) is 43.0 Å². The molecule has 0 saturated heterocycles. The summed E-state index contributed by atoms with van der Waals surface area (Å²) in [5.74, 6) is 0. The van der Waals surface area contributed by atoms with Gasteiger partial charge in [0.05, 0.1) is 0 Å². The molecule has 2 N–H and O–H groups in total. The molecule has 70 valence electrons. The second-order valence-corrected chi connectivity index (χ2v) is 2.57. The van der Waals surface area contributed by atoms with Crippen LogP contribution in [0.4, 0.5) is 5.69 Å². The molecule has 0 radical (unpaired) electrons. The van der Waals surface area contributed by atoms with Crippen LogP contribution in [-0.2, 0) is 0 Å². The molecule has 0 aliphatic heterocycles. The van der Waals surface area contributed by atoms with Gasteiger partial charge in [0.2, 0.25) is 0 Å². The van der Waals surface area contributed by atoms with Crippen LogP contribution >= 0.6 is 0 Å². The minimum absolute atomic E-state index is 0.813. The van der Waals surface area contributed by atoms with Crippen molar-refractivity contribution in [1.82, 2.24) is 0 Å². The minimum atomic E-state index is 0.813. The van der Waals surface area contributed by atoms with E-state index in [1.165, 1.54) is 5.56 Å². The zero-order valence-electron chi connectivity index (χ0n) is 8.33. The maximum Gasteiger partial charge on any atom is 0.0314 e. The maximum atomic E-state index is 5.50. The van der Waals surface area contributed by atoms with Crippen molar-refractivity contribution in [3.63, 3.8) is 0 Å². The molecule has 0 atom stereocenters. The summed E-state index contributed by atoms with van der Waals surface area (Å²) in [4.78, 5) is 0. The van der Waals surface area contributed by atoms with Crippen LogP contribution in [0.25, 0.3) is 6.08 Å². The standard InChI is InChI=1S/C9H11N.C3H6/c1-2-3-8-4-6-9(10)7-5-8;1-3-2/h2-7H,10H2,1H3;3H,1H2,2H3/b3-2+;. The Labute approximate surface area is 80.6 Å². The number of hydrogen-bond donors (Lipinski definition) is 1. The third-order valence-corrected chi connectivity index (χ3v) is 1.30. The zero-order valence-corrected chi connectivity index (χ0v) is 8.33. The maximum absolute atomic E-state index is 5.50. The molecule has 0 spiro atoms. The molecule has 0 bridgehead atoms. The average Bonchev–Trinajstić information content (AvgIpc) is 2.11. The highest BCUT2D eigenvalue weighted by Crippen LogP contribution is 2.06. The summed E-state index contributed by atoms with van der Waals surface area (Å²) in [6.45, 7) is 7.25. The lowest BCUT2D eigenvalue weighted by molar-refractivity contribution is 1.63. The Morgan fingerprint density at radius 3 is 2.00 bits per heavy atom. The quantitative estimate of drug-likeness (QED) is 0.513. The number of nitrogen functional groups attached to an aromatic ring is 1. The van der Waals surface area contributed by atoms with E-state index in [-0.39, 0.29) is 0 Å². The van der Waals surface area contributed by atoms with E-state index in [1.807, 2.05) is 50.3 Å². The summed E-state index contributed by atoms with van der Waals surface area (Å²) in [5, 5.41) is 0. The fourth-order valence-electron chi connectivity index (χ4n) is 0.800. The lowest BCUT2D eigenvalue weighted by Crippen LogP contribution is -1.82. The first-order valence-corrected chi connectivity index (χ1v) is 4.29. The second kappa shape index (κ2) is 7.17. The molecule has 0 aliphatic rings. The van der Waals surface area contributed by atoms with Crippen molar-refractivity contribution in [3.05, 3.63) is 48.6 Å². The summed E-state index contributed by atoms with van der Waals surface area (Å²) in [6.07, 6.45) is 5.80. The monoisotopic (exact) mass is 175 g/mol. The molecule has 0 fully saturated rings. The van der Waals surface area contributed by atoms with Crippen molar-refractivity contribution in [2.24, 2.45) is 0 Å². The summed E-state index contributed by atoms with van der Waals surface area (Å²) < 4.78 is 0. The van der Waals surface area contributed by atoms with Crippen LogP contribution in [0.2, 0.25) is 0 Å². The largest absolute Gasteiger partial charge is 0.399 e. The molecular weight excluding hydrogens is 158 g/mol. The topological polar surface area (TPSA) is 26.0 Å². The fraction of sp³-hybridized carbons (Fsp3) is 0.167. The summed E-state index contributed by atoms with van der Waals surface area (Å²) in [7, 11) is 0. The molecular formula is C12H17N. The van der Waals surface area contributed by atoms with E-state index in [2.05, 4.69) is 6.58 Å². The molecule has 0 unspecified atom stereocenters. The van der Waals surface area contributed by atoms with Crippen molar-refractivity contribution >= 4 is 11.8 Å². The van der Waals surface area contributed by atoms with E-state index < -0.39 is 0 Å². The molecule has 13 heavy (non-hydrogen) atoms. The highest BCUT2D eigenvalue weighted by atomic mass is 14.5. The van der Waals surface area contributed by atoms with Gasteiger partial charge in [0.1, 0.15) is 0 Å². The van der Waals surface area contributed by atoms with Crippen LogP contribution in [-0.4, -0.2) is 0 Å². The van der Waals surface area contributed by atoms with Gasteiger partial charge in [0.25, 0.3) is 0 Å². The zero-order chi connectivity index (χ0) is 10.1. The van der Waals surface area contributed by atoms with Gasteiger partial charge in [-0.2, -0.15) is 0 Å². The molecule has 0 amide bonds. The summed E-state index contributed by atoms with van der Waals surface area (Å²) in [6, 6.07) is 7.79. The van der Waals surface area contributed by atoms with Gasteiger partial charge in [-0.3, -0.25) is 0 Å². The van der Waals surface area contributed by atoms with Crippen molar-refractivity contribution in [2.75, 3.05) is 5.73 Å². The van der Waals surface area contributed by atoms with Gasteiger partial charge in [-0.1, -0.05) is 30.4 Å². The van der Waals surface area contributed by atoms with Gasteiger partial charge in [0, 0.05) is 5.69 Å². The Balaban J connectivity index is 0.000000424. The van der Waals surface area contributed by atoms with Crippen LogP contribution in [0.5, 0.6) is 0 Å². The normalized spacial score (nSPS) is 9.08. The fourth-order valence-corrected chi connectivity index (χ4v) is 0.800. The first kappa shape index (κ1) is 11.5. The SMILES string of the molecule is C/C=C/c1ccc(N)cc1.C=CC. The summed E-state index contributed by atoms with van der Waals surface area (Å²) in [5.41, 5.74) is 7.50. The van der Waals surface area contributed by atoms with Crippen LogP contribution in [0, 0.1) is 0 Å². The second-order valence-electron chi connectivity index (χ2n) is 2.57. The number of anilines is 1. The predicted octanol–water partition coefficient (Wildman–Crippen LogP) is 3.49. The first-order valence-electron chi connectivity index (χ1n) is 4.29.